The molecule has 136 valence electrons. The highest BCUT2D eigenvalue weighted by Gasteiger charge is 2.42. The Morgan fingerprint density at radius 2 is 1.64 bits per heavy atom. The van der Waals surface area contributed by atoms with Gasteiger partial charge in [0, 0.05) is 23.4 Å². The van der Waals surface area contributed by atoms with Crippen molar-refractivity contribution in [3.8, 4) is 11.5 Å². The second kappa shape index (κ2) is 7.87. The van der Waals surface area contributed by atoms with E-state index in [1.165, 1.54) is 0 Å². The van der Waals surface area contributed by atoms with Crippen molar-refractivity contribution in [2.75, 3.05) is 13.2 Å². The maximum absolute atomic E-state index is 12.9. The van der Waals surface area contributed by atoms with Crippen molar-refractivity contribution in [1.29, 1.82) is 0 Å². The van der Waals surface area contributed by atoms with Crippen LogP contribution in [-0.2, 0) is 24.8 Å². The Morgan fingerprint density at radius 1 is 1.08 bits per heavy atom. The summed E-state index contributed by atoms with van der Waals surface area (Å²) in [5, 5.41) is 30.7. The Balaban J connectivity index is 2.56. The van der Waals surface area contributed by atoms with Gasteiger partial charge in [-0.1, -0.05) is 24.3 Å². The largest absolute Gasteiger partial charge is 0.508 e. The second-order valence-electron chi connectivity index (χ2n) is 5.37. The maximum atomic E-state index is 12.9. The number of rotatable bonds is 8. The van der Waals surface area contributed by atoms with E-state index in [1.807, 2.05) is 0 Å². The van der Waals surface area contributed by atoms with Crippen molar-refractivity contribution in [2.45, 2.75) is 25.9 Å². The maximum Gasteiger partial charge on any atom is 0.345 e. The molecule has 0 saturated heterocycles. The third-order valence-electron chi connectivity index (χ3n) is 3.79. The molecule has 2 aromatic rings. The van der Waals surface area contributed by atoms with E-state index >= 15 is 0 Å². The zero-order valence-corrected chi connectivity index (χ0v) is 14.9. The molecule has 2 aromatic carbocycles. The predicted octanol–water partition coefficient (Wildman–Crippen LogP) is 3.51. The highest BCUT2D eigenvalue weighted by molar-refractivity contribution is 7.55. The molecule has 0 aliphatic heterocycles. The fourth-order valence-electron chi connectivity index (χ4n) is 2.72. The van der Waals surface area contributed by atoms with Crippen LogP contribution in [0.1, 0.15) is 19.4 Å². The van der Waals surface area contributed by atoms with Crippen LogP contribution < -0.4 is 0 Å². The van der Waals surface area contributed by atoms with E-state index in [2.05, 4.69) is 0 Å². The molecule has 0 aromatic heterocycles. The van der Waals surface area contributed by atoms with E-state index in [0.29, 0.717) is 10.8 Å². The molecule has 0 radical (unpaired) electrons. The first-order valence-corrected chi connectivity index (χ1v) is 9.49. The SMILES string of the molecule is CCOP(=O)(OCC)C(Cc1c(O)cc(O)c2ccccc12)C(=O)O. The molecule has 8 heteroatoms. The molecular weight excluding hydrogens is 347 g/mol. The molecule has 0 aliphatic carbocycles. The number of carbonyl (C=O) groups is 1. The number of benzene rings is 2. The quantitative estimate of drug-likeness (QED) is 0.611. The molecule has 25 heavy (non-hydrogen) atoms. The van der Waals surface area contributed by atoms with Crippen molar-refractivity contribution >= 4 is 24.3 Å². The smallest absolute Gasteiger partial charge is 0.345 e. The van der Waals surface area contributed by atoms with Gasteiger partial charge in [0.15, 0.2) is 5.66 Å². The number of aromatic hydroxyl groups is 2. The highest BCUT2D eigenvalue weighted by atomic mass is 31.2. The van der Waals surface area contributed by atoms with Crippen LogP contribution >= 0.6 is 7.60 Å². The summed E-state index contributed by atoms with van der Waals surface area (Å²) < 4.78 is 23.2. The van der Waals surface area contributed by atoms with Gasteiger partial charge >= 0.3 is 13.6 Å². The van der Waals surface area contributed by atoms with Crippen molar-refractivity contribution in [3.63, 3.8) is 0 Å². The van der Waals surface area contributed by atoms with E-state index < -0.39 is 19.2 Å². The summed E-state index contributed by atoms with van der Waals surface area (Å²) in [6, 6.07) is 7.85. The molecule has 0 spiro atoms. The lowest BCUT2D eigenvalue weighted by atomic mass is 9.99. The van der Waals surface area contributed by atoms with E-state index in [1.54, 1.807) is 38.1 Å². The Kier molecular flexibility index (Phi) is 6.06. The number of aliphatic carboxylic acids is 1. The van der Waals surface area contributed by atoms with Gasteiger partial charge < -0.3 is 24.4 Å². The van der Waals surface area contributed by atoms with Gasteiger partial charge in [-0.3, -0.25) is 9.36 Å². The van der Waals surface area contributed by atoms with E-state index in [9.17, 15) is 24.7 Å². The molecule has 1 unspecified atom stereocenters. The molecule has 0 amide bonds. The lowest BCUT2D eigenvalue weighted by molar-refractivity contribution is -0.137. The Hall–Kier alpha value is -2.08. The minimum Gasteiger partial charge on any atom is -0.508 e. The average Bonchev–Trinajstić information content (AvgIpc) is 2.54. The fraction of sp³-hybridized carbons (Fsp3) is 0.353. The molecule has 0 bridgehead atoms. The summed E-state index contributed by atoms with van der Waals surface area (Å²) in [5.41, 5.74) is -1.22. The normalized spacial score (nSPS) is 13.0. The Labute approximate surface area is 145 Å². The molecule has 0 fully saturated rings. The molecule has 0 aliphatic rings. The zero-order chi connectivity index (χ0) is 18.6. The van der Waals surface area contributed by atoms with Crippen molar-refractivity contribution in [3.05, 3.63) is 35.9 Å². The monoisotopic (exact) mass is 368 g/mol. The minimum atomic E-state index is -3.93. The number of fused-ring (bicyclic) bond motifs is 1. The lowest BCUT2D eigenvalue weighted by Crippen LogP contribution is -2.26. The third kappa shape index (κ3) is 3.95. The van der Waals surface area contributed by atoms with Crippen molar-refractivity contribution in [1.82, 2.24) is 0 Å². The first-order valence-electron chi connectivity index (χ1n) is 7.88. The summed E-state index contributed by atoms with van der Waals surface area (Å²) >= 11 is 0. The lowest BCUT2D eigenvalue weighted by Gasteiger charge is -2.24. The predicted molar refractivity (Wildman–Crippen MR) is 93.3 cm³/mol. The number of carboxylic acids is 1. The van der Waals surface area contributed by atoms with Gasteiger partial charge in [0.05, 0.1) is 13.2 Å². The fourth-order valence-corrected chi connectivity index (χ4v) is 4.55. The topological polar surface area (TPSA) is 113 Å². The van der Waals surface area contributed by atoms with Gasteiger partial charge in [0.25, 0.3) is 0 Å². The highest BCUT2D eigenvalue weighted by Crippen LogP contribution is 2.55. The first kappa shape index (κ1) is 19.2. The second-order valence-corrected chi connectivity index (χ2v) is 7.59. The van der Waals surface area contributed by atoms with Crippen LogP contribution in [0.25, 0.3) is 10.8 Å². The number of hydrogen-bond donors (Lipinski definition) is 3. The van der Waals surface area contributed by atoms with Gasteiger partial charge in [0.2, 0.25) is 0 Å². The van der Waals surface area contributed by atoms with Gasteiger partial charge in [0.1, 0.15) is 11.5 Å². The van der Waals surface area contributed by atoms with E-state index in [4.69, 9.17) is 9.05 Å². The first-order chi connectivity index (χ1) is 11.8. The molecule has 3 N–H and O–H groups in total. The third-order valence-corrected chi connectivity index (χ3v) is 6.20. The van der Waals surface area contributed by atoms with Crippen LogP contribution in [-0.4, -0.2) is 40.2 Å². The summed E-state index contributed by atoms with van der Waals surface area (Å²) in [5.74, 6) is -1.75. The number of hydrogen-bond acceptors (Lipinski definition) is 6. The number of phenols is 2. The molecule has 2 rings (SSSR count). The minimum absolute atomic E-state index is 0.0311. The van der Waals surface area contributed by atoms with Gasteiger partial charge in [-0.05, 0) is 19.2 Å². The molecule has 0 saturated carbocycles. The van der Waals surface area contributed by atoms with Gasteiger partial charge in [-0.25, -0.2) is 0 Å². The van der Waals surface area contributed by atoms with Crippen LogP contribution in [0.5, 0.6) is 11.5 Å². The van der Waals surface area contributed by atoms with Crippen LogP contribution in [0.2, 0.25) is 0 Å². The number of carboxylic acid groups (broad SMARTS) is 1. The Morgan fingerprint density at radius 3 is 2.16 bits per heavy atom. The van der Waals surface area contributed by atoms with E-state index in [-0.39, 0.29) is 36.7 Å². The van der Waals surface area contributed by atoms with Crippen LogP contribution in [0.3, 0.4) is 0 Å². The summed E-state index contributed by atoms with van der Waals surface area (Å²) in [7, 11) is -3.93. The molecular formula is C17H21O7P. The van der Waals surface area contributed by atoms with Gasteiger partial charge in [-0.2, -0.15) is 0 Å². The average molecular weight is 368 g/mol. The van der Waals surface area contributed by atoms with Crippen molar-refractivity contribution in [2.24, 2.45) is 0 Å². The molecule has 1 atom stereocenters. The summed E-state index contributed by atoms with van der Waals surface area (Å²) in [4.78, 5) is 11.8. The number of phenolic OH excluding ortho intramolecular Hbond substituents is 2. The van der Waals surface area contributed by atoms with Crippen LogP contribution in [0, 0.1) is 0 Å². The molecule has 7 nitrogen and oxygen atoms in total. The van der Waals surface area contributed by atoms with Crippen LogP contribution in [0.15, 0.2) is 30.3 Å². The van der Waals surface area contributed by atoms with Gasteiger partial charge in [-0.15, -0.1) is 0 Å². The standard InChI is InChI=1S/C17H21O7P/c1-3-23-25(22,24-4-2)16(17(20)21)9-13-11-7-5-6-8-12(11)14(18)10-15(13)19/h5-8,10,16,18-19H,3-4,9H2,1-2H3,(H,20,21). The van der Waals surface area contributed by atoms with Crippen molar-refractivity contribution < 1.29 is 33.7 Å². The summed E-state index contributed by atoms with van der Waals surface area (Å²) in [6.45, 7) is 3.25. The summed E-state index contributed by atoms with van der Waals surface area (Å²) in [6.07, 6.45) is -0.265. The van der Waals surface area contributed by atoms with E-state index in [0.717, 1.165) is 6.07 Å². The Bertz CT molecular complexity index is 808. The zero-order valence-electron chi connectivity index (χ0n) is 14.0. The molecule has 0 heterocycles. The van der Waals surface area contributed by atoms with Crippen LogP contribution in [0.4, 0.5) is 0 Å².